The van der Waals surface area contributed by atoms with Crippen LogP contribution in [-0.2, 0) is 4.79 Å². The maximum Gasteiger partial charge on any atom is 0.234 e. The molecule has 0 rings (SSSR count). The zero-order chi connectivity index (χ0) is 11.2. The molecule has 0 bridgehead atoms. The molecule has 14 heavy (non-hydrogen) atoms. The molecule has 3 nitrogen and oxygen atoms in total. The summed E-state index contributed by atoms with van der Waals surface area (Å²) in [6.07, 6.45) is 5.70. The zero-order valence-corrected chi connectivity index (χ0v) is 9.48. The average Bonchev–Trinajstić information content (AvgIpc) is 2.00. The normalized spacial score (nSPS) is 13.1. The first-order valence-electron chi connectivity index (χ1n) is 4.83. The first-order chi connectivity index (χ1) is 6.35. The van der Waals surface area contributed by atoms with E-state index < -0.39 is 0 Å². The van der Waals surface area contributed by atoms with Gasteiger partial charge in [0.05, 0.1) is 6.54 Å². The number of terminal acetylenes is 1. The lowest BCUT2D eigenvalue weighted by Crippen LogP contribution is -2.45. The summed E-state index contributed by atoms with van der Waals surface area (Å²) < 4.78 is 0. The van der Waals surface area contributed by atoms with Crippen molar-refractivity contribution in [2.45, 2.75) is 45.7 Å². The van der Waals surface area contributed by atoms with E-state index in [-0.39, 0.29) is 17.5 Å². The number of amides is 1. The quantitative estimate of drug-likeness (QED) is 0.656. The van der Waals surface area contributed by atoms with Gasteiger partial charge < -0.3 is 10.6 Å². The van der Waals surface area contributed by atoms with Crippen molar-refractivity contribution >= 4 is 5.91 Å². The second kappa shape index (κ2) is 5.66. The summed E-state index contributed by atoms with van der Waals surface area (Å²) in [5.74, 6) is 2.50. The molecule has 1 amide bonds. The average molecular weight is 196 g/mol. The number of nitrogens with one attached hydrogen (secondary N) is 2. The van der Waals surface area contributed by atoms with Crippen molar-refractivity contribution in [3.63, 3.8) is 0 Å². The first-order valence-corrected chi connectivity index (χ1v) is 4.83. The van der Waals surface area contributed by atoms with Crippen molar-refractivity contribution in [1.29, 1.82) is 0 Å². The summed E-state index contributed by atoms with van der Waals surface area (Å²) in [6.45, 7) is 8.29. The highest BCUT2D eigenvalue weighted by molar-refractivity contribution is 5.78. The molecule has 0 aromatic carbocycles. The van der Waals surface area contributed by atoms with Crippen LogP contribution in [0.15, 0.2) is 0 Å². The summed E-state index contributed by atoms with van der Waals surface area (Å²) in [7, 11) is 0. The van der Waals surface area contributed by atoms with Crippen molar-refractivity contribution in [3.05, 3.63) is 0 Å². The molecule has 2 N–H and O–H groups in total. The molecule has 0 radical (unpaired) electrons. The summed E-state index contributed by atoms with van der Waals surface area (Å²) in [4.78, 5) is 11.3. The first kappa shape index (κ1) is 13.0. The molecule has 0 saturated carbocycles. The van der Waals surface area contributed by atoms with Crippen molar-refractivity contribution in [2.24, 2.45) is 0 Å². The lowest BCUT2D eigenvalue weighted by atomic mass is 10.1. The van der Waals surface area contributed by atoms with Crippen LogP contribution in [0.2, 0.25) is 0 Å². The molecule has 0 aliphatic heterocycles. The van der Waals surface area contributed by atoms with E-state index in [0.717, 1.165) is 0 Å². The Bertz CT molecular complexity index is 222. The molecule has 0 aromatic rings. The largest absolute Gasteiger partial charge is 0.352 e. The van der Waals surface area contributed by atoms with Crippen LogP contribution in [0.4, 0.5) is 0 Å². The third-order valence-corrected chi connectivity index (χ3v) is 1.61. The van der Waals surface area contributed by atoms with Crippen LogP contribution in [0.1, 0.15) is 34.1 Å². The van der Waals surface area contributed by atoms with Gasteiger partial charge in [-0.2, -0.15) is 0 Å². The Morgan fingerprint density at radius 1 is 1.50 bits per heavy atom. The molecule has 0 spiro atoms. The number of hydrogen-bond donors (Lipinski definition) is 2. The van der Waals surface area contributed by atoms with Gasteiger partial charge in [-0.25, -0.2) is 0 Å². The number of hydrogen-bond acceptors (Lipinski definition) is 2. The molecule has 80 valence electrons. The molecular weight excluding hydrogens is 176 g/mol. The van der Waals surface area contributed by atoms with E-state index in [0.29, 0.717) is 13.0 Å². The minimum atomic E-state index is -0.0350. The van der Waals surface area contributed by atoms with E-state index >= 15 is 0 Å². The molecular formula is C11H20N2O. The van der Waals surface area contributed by atoms with Crippen LogP contribution in [0.5, 0.6) is 0 Å². The second-order valence-corrected chi connectivity index (χ2v) is 4.48. The van der Waals surface area contributed by atoms with E-state index in [1.54, 1.807) is 0 Å². The molecule has 0 aromatic heterocycles. The van der Waals surface area contributed by atoms with Gasteiger partial charge in [0.25, 0.3) is 0 Å². The van der Waals surface area contributed by atoms with E-state index in [4.69, 9.17) is 6.42 Å². The van der Waals surface area contributed by atoms with Crippen LogP contribution in [0, 0.1) is 12.3 Å². The summed E-state index contributed by atoms with van der Waals surface area (Å²) in [6, 6.07) is 0.0502. The van der Waals surface area contributed by atoms with E-state index in [9.17, 15) is 4.79 Å². The van der Waals surface area contributed by atoms with E-state index in [2.05, 4.69) is 16.6 Å². The highest BCUT2D eigenvalue weighted by Gasteiger charge is 2.12. The highest BCUT2D eigenvalue weighted by atomic mass is 16.1. The molecule has 0 saturated heterocycles. The van der Waals surface area contributed by atoms with Crippen LogP contribution >= 0.6 is 0 Å². The fraction of sp³-hybridized carbons (Fsp3) is 0.727. The Morgan fingerprint density at radius 3 is 2.50 bits per heavy atom. The van der Waals surface area contributed by atoms with Gasteiger partial charge in [0.1, 0.15) is 0 Å². The molecule has 0 fully saturated rings. The predicted molar refractivity (Wildman–Crippen MR) is 58.8 cm³/mol. The number of carbonyl (C=O) groups excluding carboxylic acids is 1. The fourth-order valence-electron chi connectivity index (χ4n) is 0.899. The molecule has 3 heteroatoms. The topological polar surface area (TPSA) is 41.1 Å². The van der Waals surface area contributed by atoms with Crippen LogP contribution < -0.4 is 10.6 Å². The van der Waals surface area contributed by atoms with Crippen molar-refractivity contribution in [1.82, 2.24) is 10.6 Å². The molecule has 1 atom stereocenters. The fourth-order valence-corrected chi connectivity index (χ4v) is 0.899. The van der Waals surface area contributed by atoms with E-state index in [1.165, 1.54) is 0 Å². The van der Waals surface area contributed by atoms with Crippen molar-refractivity contribution in [2.75, 3.05) is 6.54 Å². The minimum absolute atomic E-state index is 0.0114. The van der Waals surface area contributed by atoms with Gasteiger partial charge >= 0.3 is 0 Å². The van der Waals surface area contributed by atoms with Gasteiger partial charge in [-0.05, 0) is 27.7 Å². The zero-order valence-electron chi connectivity index (χ0n) is 9.48. The molecule has 0 heterocycles. The van der Waals surface area contributed by atoms with Crippen molar-refractivity contribution < 1.29 is 4.79 Å². The third kappa shape index (κ3) is 7.63. The SMILES string of the molecule is C#CCC(C)NC(=O)CNC(C)(C)C. The lowest BCUT2D eigenvalue weighted by molar-refractivity contribution is -0.121. The van der Waals surface area contributed by atoms with Gasteiger partial charge in [-0.15, -0.1) is 12.3 Å². The lowest BCUT2D eigenvalue weighted by Gasteiger charge is -2.20. The molecule has 0 aliphatic rings. The maximum absolute atomic E-state index is 11.3. The summed E-state index contributed by atoms with van der Waals surface area (Å²) in [5.41, 5.74) is -0.0350. The summed E-state index contributed by atoms with van der Waals surface area (Å²) in [5, 5.41) is 5.91. The maximum atomic E-state index is 11.3. The smallest absolute Gasteiger partial charge is 0.234 e. The monoisotopic (exact) mass is 196 g/mol. The molecule has 0 aliphatic carbocycles. The van der Waals surface area contributed by atoms with Gasteiger partial charge in [0.2, 0.25) is 5.91 Å². The van der Waals surface area contributed by atoms with Gasteiger partial charge in [-0.1, -0.05) is 0 Å². The number of rotatable bonds is 4. The van der Waals surface area contributed by atoms with Crippen LogP contribution in [0.25, 0.3) is 0 Å². The van der Waals surface area contributed by atoms with Crippen LogP contribution in [-0.4, -0.2) is 24.0 Å². The van der Waals surface area contributed by atoms with Gasteiger partial charge in [0, 0.05) is 18.0 Å². The Hall–Kier alpha value is -1.01. The minimum Gasteiger partial charge on any atom is -0.352 e. The highest BCUT2D eigenvalue weighted by Crippen LogP contribution is 1.97. The van der Waals surface area contributed by atoms with E-state index in [1.807, 2.05) is 27.7 Å². The number of carbonyl (C=O) groups is 1. The van der Waals surface area contributed by atoms with Crippen molar-refractivity contribution in [3.8, 4) is 12.3 Å². The predicted octanol–water partition coefficient (Wildman–Crippen LogP) is 0.902. The summed E-state index contributed by atoms with van der Waals surface area (Å²) >= 11 is 0. The Balaban J connectivity index is 3.72. The standard InChI is InChI=1S/C11H20N2O/c1-6-7-9(2)13-10(14)8-12-11(3,4)5/h1,9,12H,7-8H2,2-5H3,(H,13,14). The molecule has 1 unspecified atom stereocenters. The Labute approximate surface area is 86.6 Å². The van der Waals surface area contributed by atoms with Crippen LogP contribution in [0.3, 0.4) is 0 Å². The van der Waals surface area contributed by atoms with Gasteiger partial charge in [-0.3, -0.25) is 4.79 Å². The Kier molecular flexibility index (Phi) is 5.26. The third-order valence-electron chi connectivity index (χ3n) is 1.61. The second-order valence-electron chi connectivity index (χ2n) is 4.48. The Morgan fingerprint density at radius 2 is 2.07 bits per heavy atom. The van der Waals surface area contributed by atoms with Gasteiger partial charge in [0.15, 0.2) is 0 Å².